The van der Waals surface area contributed by atoms with Gasteiger partial charge in [-0.3, -0.25) is 4.79 Å². The second-order valence-electron chi connectivity index (χ2n) is 13.5. The van der Waals surface area contributed by atoms with Crippen molar-refractivity contribution < 1.29 is 44.2 Å². The summed E-state index contributed by atoms with van der Waals surface area (Å²) in [5.74, 6) is -1.55. The zero-order valence-corrected chi connectivity index (χ0v) is 26.6. The van der Waals surface area contributed by atoms with Gasteiger partial charge in [-0.05, 0) is 79.7 Å². The molecule has 1 unspecified atom stereocenters. The summed E-state index contributed by atoms with van der Waals surface area (Å²) >= 11 is 0. The standard InChI is InChI=1S/C30H57NO9/c1-12-22-30(9,36)25(32)20(5)31(10)16-17(2)13-28(7,35)14-18(3)24(19(4)27(34)39-22)40-23-15-29(8,37-11)26(33)21(6)38-23/h17-26,32-33,35-36H,12-16H2,1-11H3/t17-,18-,19-,20-,21+,22-,23+,24?,25-,26+,28-,29-,30-/m1/s1. The van der Waals surface area contributed by atoms with Crippen LogP contribution in [0.4, 0.5) is 0 Å². The molecule has 10 heteroatoms. The maximum Gasteiger partial charge on any atom is 0.311 e. The number of esters is 1. The number of hydrogen-bond donors (Lipinski definition) is 4. The van der Waals surface area contributed by atoms with Crippen molar-refractivity contribution in [1.29, 1.82) is 0 Å². The van der Waals surface area contributed by atoms with E-state index in [1.165, 1.54) is 14.0 Å². The molecule has 0 aliphatic carbocycles. The molecule has 2 aliphatic heterocycles. The summed E-state index contributed by atoms with van der Waals surface area (Å²) in [4.78, 5) is 15.6. The number of methoxy groups -OCH3 is 1. The fourth-order valence-electron chi connectivity index (χ4n) is 6.80. The molecule has 0 aromatic carbocycles. The predicted molar refractivity (Wildman–Crippen MR) is 151 cm³/mol. The van der Waals surface area contributed by atoms with E-state index in [4.69, 9.17) is 18.9 Å². The van der Waals surface area contributed by atoms with Crippen LogP contribution in [0, 0.1) is 17.8 Å². The van der Waals surface area contributed by atoms with Gasteiger partial charge in [0, 0.05) is 26.1 Å². The van der Waals surface area contributed by atoms with E-state index >= 15 is 0 Å². The number of cyclic esters (lactones) is 1. The Balaban J connectivity index is 2.47. The van der Waals surface area contributed by atoms with E-state index in [-0.39, 0.29) is 18.3 Å². The van der Waals surface area contributed by atoms with Gasteiger partial charge in [-0.2, -0.15) is 0 Å². The number of ether oxygens (including phenoxy) is 4. The van der Waals surface area contributed by atoms with Crippen molar-refractivity contribution in [1.82, 2.24) is 4.90 Å². The van der Waals surface area contributed by atoms with Crippen molar-refractivity contribution in [2.24, 2.45) is 17.8 Å². The van der Waals surface area contributed by atoms with Gasteiger partial charge in [0.1, 0.15) is 23.9 Å². The molecule has 2 aliphatic rings. The Labute approximate surface area is 241 Å². The number of carbonyl (C=O) groups excluding carboxylic acids is 1. The van der Waals surface area contributed by atoms with Crippen molar-refractivity contribution >= 4 is 5.97 Å². The molecule has 40 heavy (non-hydrogen) atoms. The minimum Gasteiger partial charge on any atom is -0.459 e. The number of aliphatic hydroxyl groups excluding tert-OH is 2. The van der Waals surface area contributed by atoms with Crippen LogP contribution < -0.4 is 0 Å². The Hall–Kier alpha value is -0.850. The molecule has 0 radical (unpaired) electrons. The van der Waals surface area contributed by atoms with Gasteiger partial charge in [-0.25, -0.2) is 0 Å². The zero-order valence-electron chi connectivity index (χ0n) is 26.6. The lowest BCUT2D eigenvalue weighted by Gasteiger charge is -2.46. The quantitative estimate of drug-likeness (QED) is 0.370. The SMILES string of the molecule is CC[C@H]1OC(=O)[C@H](C)C(O[C@H]2C[C@@](C)(OC)[C@@H](O)[C@H](C)O2)[C@H](C)C[C@](C)(O)C[C@@H](C)CN(C)[C@H](C)[C@@H](O)[C@]1(C)O. The molecule has 2 saturated heterocycles. The lowest BCUT2D eigenvalue weighted by molar-refractivity contribution is -0.296. The van der Waals surface area contributed by atoms with E-state index in [1.807, 2.05) is 25.8 Å². The van der Waals surface area contributed by atoms with E-state index in [0.717, 1.165) is 0 Å². The van der Waals surface area contributed by atoms with Crippen molar-refractivity contribution in [2.75, 3.05) is 20.7 Å². The normalized spacial score (nSPS) is 49.1. The molecular formula is C30H57NO9. The Morgan fingerprint density at radius 2 is 1.60 bits per heavy atom. The molecule has 0 saturated carbocycles. The topological polar surface area (TPSA) is 138 Å². The fraction of sp³-hybridized carbons (Fsp3) is 0.967. The van der Waals surface area contributed by atoms with Crippen LogP contribution in [0.5, 0.6) is 0 Å². The third kappa shape index (κ3) is 8.16. The molecule has 0 aromatic heterocycles. The number of rotatable bonds is 4. The van der Waals surface area contributed by atoms with Gasteiger partial charge in [0.15, 0.2) is 6.29 Å². The molecule has 2 fully saturated rings. The largest absolute Gasteiger partial charge is 0.459 e. The fourth-order valence-corrected chi connectivity index (χ4v) is 6.80. The van der Waals surface area contributed by atoms with Crippen LogP contribution in [0.2, 0.25) is 0 Å². The molecule has 0 aromatic rings. The van der Waals surface area contributed by atoms with Gasteiger partial charge >= 0.3 is 5.97 Å². The number of aliphatic hydroxyl groups is 4. The number of hydrogen-bond acceptors (Lipinski definition) is 10. The number of carbonyl (C=O) groups is 1. The Kier molecular flexibility index (Phi) is 12.0. The van der Waals surface area contributed by atoms with E-state index in [0.29, 0.717) is 25.8 Å². The summed E-state index contributed by atoms with van der Waals surface area (Å²) in [5.41, 5.74) is -3.66. The zero-order chi connectivity index (χ0) is 30.8. The number of nitrogens with zero attached hydrogens (tertiary/aromatic N) is 1. The first kappa shape index (κ1) is 35.3. The summed E-state index contributed by atoms with van der Waals surface area (Å²) in [6.45, 7) is 16.8. The van der Waals surface area contributed by atoms with Crippen LogP contribution in [0.3, 0.4) is 0 Å². The molecule has 236 valence electrons. The Morgan fingerprint density at radius 1 is 1.00 bits per heavy atom. The first-order valence-electron chi connectivity index (χ1n) is 14.9. The van der Waals surface area contributed by atoms with Gasteiger partial charge in [0.25, 0.3) is 0 Å². The second-order valence-corrected chi connectivity index (χ2v) is 13.5. The van der Waals surface area contributed by atoms with Crippen LogP contribution in [-0.4, -0.2) is 112 Å². The molecule has 13 atom stereocenters. The highest BCUT2D eigenvalue weighted by atomic mass is 16.7. The Bertz CT molecular complexity index is 823. The average molecular weight is 576 g/mol. The summed E-state index contributed by atoms with van der Waals surface area (Å²) < 4.78 is 24.0. The van der Waals surface area contributed by atoms with Gasteiger partial charge < -0.3 is 44.3 Å². The molecule has 2 rings (SSSR count). The van der Waals surface area contributed by atoms with E-state index in [9.17, 15) is 25.2 Å². The molecule has 4 N–H and O–H groups in total. The Morgan fingerprint density at radius 3 is 2.15 bits per heavy atom. The monoisotopic (exact) mass is 575 g/mol. The number of likely N-dealkylation sites (N-methyl/N-ethyl adjacent to an activating group) is 1. The highest BCUT2D eigenvalue weighted by Gasteiger charge is 2.49. The van der Waals surface area contributed by atoms with Crippen LogP contribution in [-0.2, 0) is 23.7 Å². The highest BCUT2D eigenvalue weighted by molar-refractivity contribution is 5.73. The van der Waals surface area contributed by atoms with Gasteiger partial charge in [0.2, 0.25) is 0 Å². The second kappa shape index (κ2) is 13.6. The maximum absolute atomic E-state index is 13.6. The van der Waals surface area contributed by atoms with E-state index < -0.39 is 71.5 Å². The van der Waals surface area contributed by atoms with Crippen LogP contribution in [0.1, 0.15) is 88.0 Å². The summed E-state index contributed by atoms with van der Waals surface area (Å²) in [6.07, 6.45) is -3.62. The van der Waals surface area contributed by atoms with E-state index in [2.05, 4.69) is 6.92 Å². The van der Waals surface area contributed by atoms with Gasteiger partial charge in [-0.1, -0.05) is 20.8 Å². The average Bonchev–Trinajstić information content (AvgIpc) is 2.85. The third-order valence-electron chi connectivity index (χ3n) is 9.39. The minimum absolute atomic E-state index is 0.0833. The molecule has 0 bridgehead atoms. The summed E-state index contributed by atoms with van der Waals surface area (Å²) in [5, 5.41) is 44.8. The van der Waals surface area contributed by atoms with Crippen molar-refractivity contribution in [2.45, 2.75) is 148 Å². The molecule has 0 amide bonds. The van der Waals surface area contributed by atoms with E-state index in [1.54, 1.807) is 34.6 Å². The smallest absolute Gasteiger partial charge is 0.311 e. The lowest BCUT2D eigenvalue weighted by Crippen LogP contribution is -2.59. The van der Waals surface area contributed by atoms with Crippen LogP contribution >= 0.6 is 0 Å². The van der Waals surface area contributed by atoms with Gasteiger partial charge in [0.05, 0.1) is 29.3 Å². The van der Waals surface area contributed by atoms with Crippen LogP contribution in [0.15, 0.2) is 0 Å². The summed E-state index contributed by atoms with van der Waals surface area (Å²) in [6, 6.07) is -0.427. The molecule has 2 heterocycles. The molecule has 10 nitrogen and oxygen atoms in total. The minimum atomic E-state index is -1.70. The highest BCUT2D eigenvalue weighted by Crippen LogP contribution is 2.37. The maximum atomic E-state index is 13.6. The lowest BCUT2D eigenvalue weighted by atomic mass is 9.80. The first-order chi connectivity index (χ1) is 18.3. The first-order valence-corrected chi connectivity index (χ1v) is 14.9. The van der Waals surface area contributed by atoms with Gasteiger partial charge in [-0.15, -0.1) is 0 Å². The predicted octanol–water partition coefficient (Wildman–Crippen LogP) is 2.48. The van der Waals surface area contributed by atoms with Crippen molar-refractivity contribution in [3.63, 3.8) is 0 Å². The van der Waals surface area contributed by atoms with Crippen LogP contribution in [0.25, 0.3) is 0 Å². The molecule has 0 spiro atoms. The van der Waals surface area contributed by atoms with Crippen molar-refractivity contribution in [3.05, 3.63) is 0 Å². The third-order valence-corrected chi connectivity index (χ3v) is 9.39. The summed E-state index contributed by atoms with van der Waals surface area (Å²) in [7, 11) is 3.41. The van der Waals surface area contributed by atoms with Crippen molar-refractivity contribution in [3.8, 4) is 0 Å². The molecular weight excluding hydrogens is 518 g/mol.